The Kier molecular flexibility index (Phi) is 5.71. The molecule has 0 aliphatic heterocycles. The van der Waals surface area contributed by atoms with Gasteiger partial charge in [-0.05, 0) is 23.2 Å². The number of aromatic nitrogens is 5. The van der Waals surface area contributed by atoms with Crippen molar-refractivity contribution in [3.05, 3.63) is 60.0 Å². The molecule has 0 bridgehead atoms. The second kappa shape index (κ2) is 8.61. The van der Waals surface area contributed by atoms with Crippen LogP contribution in [0, 0.1) is 0 Å². The number of fused-ring (bicyclic) bond motifs is 1. The molecule has 32 heavy (non-hydrogen) atoms. The maximum absolute atomic E-state index is 11.7. The van der Waals surface area contributed by atoms with Crippen LogP contribution in [0.25, 0.3) is 17.0 Å². The van der Waals surface area contributed by atoms with E-state index in [1.54, 1.807) is 45.7 Å². The normalized spacial score (nSPS) is 10.9. The van der Waals surface area contributed by atoms with Crippen molar-refractivity contribution in [3.8, 4) is 11.5 Å². The van der Waals surface area contributed by atoms with E-state index in [4.69, 9.17) is 5.73 Å². The van der Waals surface area contributed by atoms with Gasteiger partial charge in [0.05, 0.1) is 5.52 Å². The minimum Gasteiger partial charge on any atom is -0.423 e. The number of amides is 1. The predicted octanol–water partition coefficient (Wildman–Crippen LogP) is -0.357. The van der Waals surface area contributed by atoms with Gasteiger partial charge in [-0.1, -0.05) is 30.3 Å². The number of hydrogen-bond acceptors (Lipinski definition) is 9. The van der Waals surface area contributed by atoms with Gasteiger partial charge in [-0.2, -0.15) is 15.0 Å². The van der Waals surface area contributed by atoms with Gasteiger partial charge in [0.25, 0.3) is 5.91 Å². The van der Waals surface area contributed by atoms with Gasteiger partial charge in [0, 0.05) is 20.6 Å². The van der Waals surface area contributed by atoms with Gasteiger partial charge >= 0.3 is 7.12 Å². The van der Waals surface area contributed by atoms with E-state index in [-0.39, 0.29) is 0 Å². The number of benzene rings is 1. The van der Waals surface area contributed by atoms with Crippen molar-refractivity contribution in [3.63, 3.8) is 0 Å². The number of primary amides is 1. The summed E-state index contributed by atoms with van der Waals surface area (Å²) in [5, 5.41) is 21.9. The van der Waals surface area contributed by atoms with Gasteiger partial charge in [0.2, 0.25) is 11.9 Å². The molecule has 5 N–H and O–H groups in total. The first-order valence-electron chi connectivity index (χ1n) is 9.72. The monoisotopic (exact) mass is 432 g/mol. The van der Waals surface area contributed by atoms with Crippen molar-refractivity contribution in [2.45, 2.75) is 6.54 Å². The summed E-state index contributed by atoms with van der Waals surface area (Å²) in [7, 11) is 2.08. The highest BCUT2D eigenvalue weighted by molar-refractivity contribution is 6.58. The standard InChI is InChI=1S/C20H21BN8O3/c1-28(2)20-26-18(16-14-7-4-8-15(17(22)30)29(14)11-24-16)25-19(27-20)23-10-12-5-3-6-13(9-12)21(31)32/h3-9,11,31-32H,10H2,1-2H3,(H2,22,30)(H,23,25,26,27). The quantitative estimate of drug-likeness (QED) is 0.287. The summed E-state index contributed by atoms with van der Waals surface area (Å²) in [4.78, 5) is 31.3. The zero-order valence-corrected chi connectivity index (χ0v) is 17.5. The summed E-state index contributed by atoms with van der Waals surface area (Å²) in [6.45, 7) is 0.354. The predicted molar refractivity (Wildman–Crippen MR) is 120 cm³/mol. The van der Waals surface area contributed by atoms with E-state index in [1.807, 2.05) is 20.2 Å². The van der Waals surface area contributed by atoms with Crippen LogP contribution in [0.4, 0.5) is 11.9 Å². The largest absolute Gasteiger partial charge is 0.488 e. The molecule has 0 radical (unpaired) electrons. The van der Waals surface area contributed by atoms with E-state index in [0.29, 0.717) is 46.6 Å². The molecule has 11 nitrogen and oxygen atoms in total. The van der Waals surface area contributed by atoms with E-state index in [0.717, 1.165) is 5.56 Å². The molecule has 0 spiro atoms. The van der Waals surface area contributed by atoms with Crippen LogP contribution in [0.15, 0.2) is 48.8 Å². The Morgan fingerprint density at radius 3 is 2.66 bits per heavy atom. The highest BCUT2D eigenvalue weighted by atomic mass is 16.4. The lowest BCUT2D eigenvalue weighted by molar-refractivity contribution is 0.0994. The molecule has 162 valence electrons. The van der Waals surface area contributed by atoms with Gasteiger partial charge in [0.1, 0.15) is 17.7 Å². The van der Waals surface area contributed by atoms with Crippen molar-refractivity contribution < 1.29 is 14.8 Å². The smallest absolute Gasteiger partial charge is 0.423 e. The average Bonchev–Trinajstić information content (AvgIpc) is 3.21. The molecule has 3 heterocycles. The van der Waals surface area contributed by atoms with E-state index >= 15 is 0 Å². The molecule has 0 fully saturated rings. The first-order valence-corrected chi connectivity index (χ1v) is 9.72. The Hall–Kier alpha value is -4.03. The summed E-state index contributed by atoms with van der Waals surface area (Å²) in [6.07, 6.45) is 1.50. The molecule has 4 aromatic rings. The van der Waals surface area contributed by atoms with Crippen LogP contribution >= 0.6 is 0 Å². The third-order valence-corrected chi connectivity index (χ3v) is 4.76. The fraction of sp³-hybridized carbons (Fsp3) is 0.150. The van der Waals surface area contributed by atoms with E-state index in [1.165, 1.54) is 6.33 Å². The zero-order valence-electron chi connectivity index (χ0n) is 17.5. The lowest BCUT2D eigenvalue weighted by Crippen LogP contribution is -2.30. The number of carbonyl (C=O) groups excluding carboxylic acids is 1. The van der Waals surface area contributed by atoms with Gasteiger partial charge in [-0.15, -0.1) is 0 Å². The van der Waals surface area contributed by atoms with Crippen molar-refractivity contribution >= 4 is 35.9 Å². The van der Waals surface area contributed by atoms with Crippen LogP contribution in [0.1, 0.15) is 16.1 Å². The van der Waals surface area contributed by atoms with Gasteiger partial charge < -0.3 is 26.0 Å². The molecule has 1 aromatic carbocycles. The van der Waals surface area contributed by atoms with Crippen molar-refractivity contribution in [2.24, 2.45) is 5.73 Å². The Balaban J connectivity index is 1.70. The zero-order chi connectivity index (χ0) is 22.8. The molecular formula is C20H21BN8O3. The number of nitrogens with one attached hydrogen (secondary N) is 1. The third-order valence-electron chi connectivity index (χ3n) is 4.76. The molecule has 0 unspecified atom stereocenters. The van der Waals surface area contributed by atoms with Gasteiger partial charge in [0.15, 0.2) is 5.82 Å². The third kappa shape index (κ3) is 4.22. The van der Waals surface area contributed by atoms with Gasteiger partial charge in [-0.25, -0.2) is 4.98 Å². The first-order chi connectivity index (χ1) is 15.3. The molecular weight excluding hydrogens is 411 g/mol. The number of nitrogens with zero attached hydrogens (tertiary/aromatic N) is 6. The Labute approximate surface area is 183 Å². The lowest BCUT2D eigenvalue weighted by Gasteiger charge is -2.13. The van der Waals surface area contributed by atoms with Crippen molar-refractivity contribution in [1.82, 2.24) is 24.3 Å². The number of hydrogen-bond donors (Lipinski definition) is 4. The second-order valence-electron chi connectivity index (χ2n) is 7.27. The van der Waals surface area contributed by atoms with Crippen LogP contribution in [-0.2, 0) is 6.54 Å². The molecule has 12 heteroatoms. The highest BCUT2D eigenvalue weighted by Crippen LogP contribution is 2.23. The van der Waals surface area contributed by atoms with Crippen LogP contribution < -0.4 is 21.4 Å². The van der Waals surface area contributed by atoms with Crippen molar-refractivity contribution in [2.75, 3.05) is 24.3 Å². The molecule has 3 aromatic heterocycles. The van der Waals surface area contributed by atoms with Gasteiger partial charge in [-0.3, -0.25) is 9.20 Å². The summed E-state index contributed by atoms with van der Waals surface area (Å²) in [5.41, 5.74) is 8.09. The lowest BCUT2D eigenvalue weighted by atomic mass is 9.80. The van der Waals surface area contributed by atoms with Crippen LogP contribution in [-0.4, -0.2) is 61.5 Å². The number of imidazole rings is 1. The fourth-order valence-electron chi connectivity index (χ4n) is 3.19. The fourth-order valence-corrected chi connectivity index (χ4v) is 3.19. The summed E-state index contributed by atoms with van der Waals surface area (Å²) in [6, 6.07) is 12.0. The average molecular weight is 432 g/mol. The first kappa shape index (κ1) is 21.2. The minimum atomic E-state index is -1.54. The maximum atomic E-state index is 11.7. The number of nitrogens with two attached hydrogens (primary N) is 1. The molecule has 0 atom stereocenters. The number of anilines is 2. The van der Waals surface area contributed by atoms with Crippen LogP contribution in [0.3, 0.4) is 0 Å². The Morgan fingerprint density at radius 1 is 1.16 bits per heavy atom. The second-order valence-corrected chi connectivity index (χ2v) is 7.27. The molecule has 0 saturated carbocycles. The van der Waals surface area contributed by atoms with Crippen LogP contribution in [0.2, 0.25) is 0 Å². The minimum absolute atomic E-state index is 0.299. The van der Waals surface area contributed by atoms with E-state index in [9.17, 15) is 14.8 Å². The maximum Gasteiger partial charge on any atom is 0.488 e. The Morgan fingerprint density at radius 2 is 1.94 bits per heavy atom. The molecule has 1 amide bonds. The molecule has 0 aliphatic rings. The SMILES string of the molecule is CN(C)c1nc(NCc2cccc(B(O)O)c2)nc(-c2ncn3c(C(N)=O)cccc23)n1. The molecule has 0 aliphatic carbocycles. The number of rotatable bonds is 7. The topological polar surface area (TPSA) is 155 Å². The molecule has 0 saturated heterocycles. The highest BCUT2D eigenvalue weighted by Gasteiger charge is 2.17. The van der Waals surface area contributed by atoms with E-state index < -0.39 is 13.0 Å². The summed E-state index contributed by atoms with van der Waals surface area (Å²) >= 11 is 0. The summed E-state index contributed by atoms with van der Waals surface area (Å²) in [5.74, 6) is 0.502. The number of carbonyl (C=O) groups is 1. The van der Waals surface area contributed by atoms with E-state index in [2.05, 4.69) is 25.3 Å². The molecule has 4 rings (SSSR count). The van der Waals surface area contributed by atoms with Crippen molar-refractivity contribution in [1.29, 1.82) is 0 Å². The van der Waals surface area contributed by atoms with Crippen LogP contribution in [0.5, 0.6) is 0 Å². The summed E-state index contributed by atoms with van der Waals surface area (Å²) < 4.78 is 1.59. The number of pyridine rings is 1. The Bertz CT molecular complexity index is 1290.